The third-order valence-electron chi connectivity index (χ3n) is 3.68. The Morgan fingerprint density at radius 3 is 2.50 bits per heavy atom. The third kappa shape index (κ3) is 2.38. The van der Waals surface area contributed by atoms with Crippen LogP contribution in [0, 0.1) is 11.8 Å². The number of oxime groups is 1. The molecular weight excluding hydrogens is 250 g/mol. The van der Waals surface area contributed by atoms with Crippen LogP contribution in [0.25, 0.3) is 0 Å². The van der Waals surface area contributed by atoms with E-state index in [1.165, 1.54) is 0 Å². The third-order valence-corrected chi connectivity index (χ3v) is 3.98. The molecule has 1 heterocycles. The second-order valence-corrected chi connectivity index (χ2v) is 5.42. The maximum absolute atomic E-state index is 8.64. The highest BCUT2D eigenvalue weighted by Crippen LogP contribution is 2.33. The molecule has 5 heteroatoms. The van der Waals surface area contributed by atoms with Crippen LogP contribution in [0.4, 0.5) is 5.69 Å². The van der Waals surface area contributed by atoms with E-state index in [9.17, 15) is 0 Å². The first-order valence-electron chi connectivity index (χ1n) is 6.05. The molecule has 18 heavy (non-hydrogen) atoms. The first-order chi connectivity index (χ1) is 8.52. The SMILES string of the molecule is CC1CN(c2ccc(C(N)=NO)cc2Cl)CC1C. The molecule has 0 aliphatic carbocycles. The monoisotopic (exact) mass is 267 g/mol. The first kappa shape index (κ1) is 13.0. The lowest BCUT2D eigenvalue weighted by Gasteiger charge is -2.20. The summed E-state index contributed by atoms with van der Waals surface area (Å²) >= 11 is 6.27. The fourth-order valence-corrected chi connectivity index (χ4v) is 2.61. The molecule has 1 aliphatic rings. The summed E-state index contributed by atoms with van der Waals surface area (Å²) in [5.41, 5.74) is 7.19. The summed E-state index contributed by atoms with van der Waals surface area (Å²) in [4.78, 5) is 2.29. The molecule has 1 aromatic carbocycles. The van der Waals surface area contributed by atoms with Gasteiger partial charge in [0.25, 0.3) is 0 Å². The predicted molar refractivity (Wildman–Crippen MR) is 74.5 cm³/mol. The van der Waals surface area contributed by atoms with E-state index in [4.69, 9.17) is 22.5 Å². The highest BCUT2D eigenvalue weighted by Gasteiger charge is 2.27. The Hall–Kier alpha value is -1.42. The number of nitrogens with zero attached hydrogens (tertiary/aromatic N) is 2. The van der Waals surface area contributed by atoms with E-state index in [0.717, 1.165) is 18.8 Å². The second kappa shape index (κ2) is 5.06. The van der Waals surface area contributed by atoms with Gasteiger partial charge in [0, 0.05) is 18.7 Å². The van der Waals surface area contributed by atoms with Crippen molar-refractivity contribution in [3.05, 3.63) is 28.8 Å². The van der Waals surface area contributed by atoms with Crippen LogP contribution < -0.4 is 10.6 Å². The van der Waals surface area contributed by atoms with Crippen LogP contribution in [0.5, 0.6) is 0 Å². The van der Waals surface area contributed by atoms with Gasteiger partial charge in [0.2, 0.25) is 0 Å². The molecule has 0 aromatic heterocycles. The molecule has 98 valence electrons. The Bertz CT molecular complexity index is 465. The second-order valence-electron chi connectivity index (χ2n) is 5.01. The van der Waals surface area contributed by atoms with Gasteiger partial charge >= 0.3 is 0 Å². The Labute approximate surface area is 112 Å². The van der Waals surface area contributed by atoms with Gasteiger partial charge in [0.05, 0.1) is 10.7 Å². The van der Waals surface area contributed by atoms with E-state index >= 15 is 0 Å². The van der Waals surface area contributed by atoms with Crippen molar-refractivity contribution < 1.29 is 5.21 Å². The quantitative estimate of drug-likeness (QED) is 0.375. The topological polar surface area (TPSA) is 61.8 Å². The van der Waals surface area contributed by atoms with E-state index in [2.05, 4.69) is 23.9 Å². The number of anilines is 1. The fraction of sp³-hybridized carbons (Fsp3) is 0.462. The minimum absolute atomic E-state index is 0.0756. The number of hydrogen-bond acceptors (Lipinski definition) is 3. The molecule has 1 saturated heterocycles. The van der Waals surface area contributed by atoms with E-state index < -0.39 is 0 Å². The van der Waals surface area contributed by atoms with Crippen molar-refractivity contribution in [2.75, 3.05) is 18.0 Å². The van der Waals surface area contributed by atoms with Crippen molar-refractivity contribution in [2.45, 2.75) is 13.8 Å². The summed E-state index contributed by atoms with van der Waals surface area (Å²) in [6, 6.07) is 5.49. The lowest BCUT2D eigenvalue weighted by Crippen LogP contribution is -2.20. The van der Waals surface area contributed by atoms with E-state index in [-0.39, 0.29) is 5.84 Å². The standard InChI is InChI=1S/C13H18ClN3O/c1-8-6-17(7-9(8)2)12-4-3-10(5-11(12)14)13(15)16-18/h3-5,8-9,18H,6-7H2,1-2H3,(H2,15,16). The molecule has 2 unspecified atom stereocenters. The van der Waals surface area contributed by atoms with Gasteiger partial charge in [-0.15, -0.1) is 0 Å². The van der Waals surface area contributed by atoms with E-state index in [1.54, 1.807) is 6.07 Å². The molecule has 1 aromatic rings. The van der Waals surface area contributed by atoms with Gasteiger partial charge in [-0.05, 0) is 30.0 Å². The van der Waals surface area contributed by atoms with Crippen LogP contribution in [0.3, 0.4) is 0 Å². The average Bonchev–Trinajstić information content (AvgIpc) is 2.68. The lowest BCUT2D eigenvalue weighted by molar-refractivity contribution is 0.318. The maximum atomic E-state index is 8.64. The maximum Gasteiger partial charge on any atom is 0.170 e. The Balaban J connectivity index is 2.26. The molecule has 3 N–H and O–H groups in total. The van der Waals surface area contributed by atoms with Crippen molar-refractivity contribution in [1.82, 2.24) is 0 Å². The number of benzene rings is 1. The summed E-state index contributed by atoms with van der Waals surface area (Å²) < 4.78 is 0. The molecule has 2 rings (SSSR count). The Morgan fingerprint density at radius 2 is 2.00 bits per heavy atom. The summed E-state index contributed by atoms with van der Waals surface area (Å²) in [7, 11) is 0. The van der Waals surface area contributed by atoms with Crippen LogP contribution in [0.2, 0.25) is 5.02 Å². The number of hydrogen-bond donors (Lipinski definition) is 2. The largest absolute Gasteiger partial charge is 0.409 e. The number of amidine groups is 1. The van der Waals surface area contributed by atoms with Crippen molar-refractivity contribution in [1.29, 1.82) is 0 Å². The first-order valence-corrected chi connectivity index (χ1v) is 6.43. The molecule has 4 nitrogen and oxygen atoms in total. The summed E-state index contributed by atoms with van der Waals surface area (Å²) in [5, 5.41) is 12.3. The van der Waals surface area contributed by atoms with Gasteiger partial charge in [-0.2, -0.15) is 0 Å². The van der Waals surface area contributed by atoms with Crippen LogP contribution in [-0.2, 0) is 0 Å². The van der Waals surface area contributed by atoms with Gasteiger partial charge in [-0.25, -0.2) is 0 Å². The molecule has 0 radical (unpaired) electrons. The molecule has 1 fully saturated rings. The summed E-state index contributed by atoms with van der Waals surface area (Å²) in [6.45, 7) is 6.54. The van der Waals surface area contributed by atoms with Crippen LogP contribution in [0.1, 0.15) is 19.4 Å². The molecule has 2 atom stereocenters. The summed E-state index contributed by atoms with van der Waals surface area (Å²) in [6.07, 6.45) is 0. The zero-order valence-electron chi connectivity index (χ0n) is 10.6. The Kier molecular flexibility index (Phi) is 3.66. The number of halogens is 1. The molecule has 1 aliphatic heterocycles. The summed E-state index contributed by atoms with van der Waals surface area (Å²) in [5.74, 6) is 1.42. The van der Waals surface area contributed by atoms with Crippen LogP contribution in [-0.4, -0.2) is 24.1 Å². The van der Waals surface area contributed by atoms with Gasteiger partial charge in [-0.1, -0.05) is 30.6 Å². The van der Waals surface area contributed by atoms with Gasteiger partial charge in [-0.3, -0.25) is 0 Å². The molecular formula is C13H18ClN3O. The molecule has 0 amide bonds. The van der Waals surface area contributed by atoms with Crippen molar-refractivity contribution in [2.24, 2.45) is 22.7 Å². The zero-order chi connectivity index (χ0) is 13.3. The van der Waals surface area contributed by atoms with Crippen LogP contribution in [0.15, 0.2) is 23.4 Å². The zero-order valence-corrected chi connectivity index (χ0v) is 11.4. The van der Waals surface area contributed by atoms with Gasteiger partial charge in [0.15, 0.2) is 5.84 Å². The normalized spacial score (nSPS) is 24.6. The smallest absolute Gasteiger partial charge is 0.170 e. The van der Waals surface area contributed by atoms with Crippen molar-refractivity contribution >= 4 is 23.1 Å². The highest BCUT2D eigenvalue weighted by molar-refractivity contribution is 6.33. The minimum Gasteiger partial charge on any atom is -0.409 e. The minimum atomic E-state index is 0.0756. The fourth-order valence-electron chi connectivity index (χ4n) is 2.31. The van der Waals surface area contributed by atoms with Gasteiger partial charge < -0.3 is 15.8 Å². The van der Waals surface area contributed by atoms with Crippen molar-refractivity contribution in [3.63, 3.8) is 0 Å². The highest BCUT2D eigenvalue weighted by atomic mass is 35.5. The van der Waals surface area contributed by atoms with Crippen molar-refractivity contribution in [3.8, 4) is 0 Å². The van der Waals surface area contributed by atoms with E-state index in [1.807, 2.05) is 12.1 Å². The molecule has 0 saturated carbocycles. The average molecular weight is 268 g/mol. The van der Waals surface area contributed by atoms with E-state index in [0.29, 0.717) is 22.4 Å². The molecule has 0 spiro atoms. The molecule has 0 bridgehead atoms. The Morgan fingerprint density at radius 1 is 1.39 bits per heavy atom. The van der Waals surface area contributed by atoms with Crippen LogP contribution >= 0.6 is 11.6 Å². The number of rotatable bonds is 2. The predicted octanol–water partition coefficient (Wildman–Crippen LogP) is 2.53. The lowest BCUT2D eigenvalue weighted by atomic mass is 10.0. The van der Waals surface area contributed by atoms with Gasteiger partial charge in [0.1, 0.15) is 0 Å². The number of nitrogens with two attached hydrogens (primary N) is 1.